The molecule has 1 heterocycles. The summed E-state index contributed by atoms with van der Waals surface area (Å²) in [6.07, 6.45) is 2.30. The molecule has 5 nitrogen and oxygen atoms in total. The Morgan fingerprint density at radius 3 is 2.54 bits per heavy atom. The van der Waals surface area contributed by atoms with Gasteiger partial charge in [0.1, 0.15) is 0 Å². The Balaban J connectivity index is 1.55. The quantitative estimate of drug-likeness (QED) is 0.773. The first-order valence-corrected chi connectivity index (χ1v) is 9.15. The highest BCUT2D eigenvalue weighted by molar-refractivity contribution is 6.30. The predicted octanol–water partition coefficient (Wildman–Crippen LogP) is 4.13. The largest absolute Gasteiger partial charge is 0.452 e. The molecule has 1 aliphatic carbocycles. The molecule has 1 aromatic heterocycles. The molecule has 0 aliphatic heterocycles. The Labute approximate surface area is 158 Å². The third-order valence-corrected chi connectivity index (χ3v) is 4.95. The average Bonchev–Trinajstić information content (AvgIpc) is 3.38. The number of carbonyl (C=O) groups is 2. The maximum absolute atomic E-state index is 12.3. The molecule has 0 radical (unpaired) electrons. The van der Waals surface area contributed by atoms with E-state index in [0.29, 0.717) is 16.6 Å². The molecule has 1 atom stereocenters. The first kappa shape index (κ1) is 18.5. The van der Waals surface area contributed by atoms with Crippen molar-refractivity contribution in [2.45, 2.75) is 45.7 Å². The van der Waals surface area contributed by atoms with Crippen LogP contribution < -0.4 is 5.32 Å². The van der Waals surface area contributed by atoms with Gasteiger partial charge in [-0.05, 0) is 57.4 Å². The molecule has 138 valence electrons. The lowest BCUT2D eigenvalue weighted by Crippen LogP contribution is -2.31. The Morgan fingerprint density at radius 2 is 1.92 bits per heavy atom. The second-order valence-corrected chi connectivity index (χ2v) is 7.24. The first-order chi connectivity index (χ1) is 12.4. The molecule has 0 saturated heterocycles. The molecule has 0 unspecified atom stereocenters. The fraction of sp³-hybridized carbons (Fsp3) is 0.400. The second-order valence-electron chi connectivity index (χ2n) is 6.80. The molecule has 1 fully saturated rings. The van der Waals surface area contributed by atoms with Crippen molar-refractivity contribution in [3.05, 3.63) is 57.9 Å². The third kappa shape index (κ3) is 4.10. The number of nitrogens with one attached hydrogen (secondary N) is 1. The molecule has 0 spiro atoms. The molecular formula is C20H23ClN2O3. The van der Waals surface area contributed by atoms with Crippen LogP contribution in [-0.2, 0) is 9.53 Å². The smallest absolute Gasteiger partial charge is 0.340 e. The van der Waals surface area contributed by atoms with E-state index < -0.39 is 5.97 Å². The highest BCUT2D eigenvalue weighted by Crippen LogP contribution is 2.38. The van der Waals surface area contributed by atoms with Crippen LogP contribution >= 0.6 is 11.6 Å². The van der Waals surface area contributed by atoms with Crippen LogP contribution in [0.4, 0.5) is 0 Å². The molecule has 1 amide bonds. The number of aromatic nitrogens is 1. The Kier molecular flexibility index (Phi) is 5.37. The van der Waals surface area contributed by atoms with Gasteiger partial charge in [0, 0.05) is 22.5 Å². The number of aryl methyl sites for hydroxylation is 1. The minimum absolute atomic E-state index is 0.196. The molecule has 2 aromatic rings. The van der Waals surface area contributed by atoms with Crippen LogP contribution in [0.1, 0.15) is 59.2 Å². The number of hydrogen-bond donors (Lipinski definition) is 1. The van der Waals surface area contributed by atoms with Crippen LogP contribution in [0.5, 0.6) is 0 Å². The molecule has 1 saturated carbocycles. The van der Waals surface area contributed by atoms with E-state index in [9.17, 15) is 9.59 Å². The van der Waals surface area contributed by atoms with Crippen molar-refractivity contribution in [1.29, 1.82) is 0 Å². The number of amides is 1. The van der Waals surface area contributed by atoms with Gasteiger partial charge in [0.2, 0.25) is 0 Å². The highest BCUT2D eigenvalue weighted by atomic mass is 35.5. The minimum atomic E-state index is -0.459. The first-order valence-electron chi connectivity index (χ1n) is 8.77. The lowest BCUT2D eigenvalue weighted by atomic mass is 10.1. The average molecular weight is 375 g/mol. The molecule has 1 aliphatic rings. The van der Waals surface area contributed by atoms with E-state index >= 15 is 0 Å². The van der Waals surface area contributed by atoms with Crippen LogP contribution in [-0.4, -0.2) is 23.1 Å². The number of hydrogen-bond acceptors (Lipinski definition) is 3. The number of nitrogens with zero attached hydrogens (tertiary/aromatic N) is 1. The van der Waals surface area contributed by atoms with Crippen molar-refractivity contribution in [3.8, 4) is 0 Å². The SMILES string of the molecule is Cc1cc(C(=O)OCC(=O)N[C@@H](C)c2ccc(Cl)cc2)c(C)n1C1CC1. The fourth-order valence-corrected chi connectivity index (χ4v) is 3.33. The van der Waals surface area contributed by atoms with E-state index in [-0.39, 0.29) is 18.6 Å². The summed E-state index contributed by atoms with van der Waals surface area (Å²) in [5.74, 6) is -0.795. The van der Waals surface area contributed by atoms with E-state index in [4.69, 9.17) is 16.3 Å². The number of ether oxygens (including phenoxy) is 1. The van der Waals surface area contributed by atoms with Gasteiger partial charge in [-0.2, -0.15) is 0 Å². The van der Waals surface area contributed by atoms with Crippen molar-refractivity contribution in [3.63, 3.8) is 0 Å². The fourth-order valence-electron chi connectivity index (χ4n) is 3.21. The zero-order chi connectivity index (χ0) is 18.8. The molecular weight excluding hydrogens is 352 g/mol. The molecule has 0 bridgehead atoms. The normalized spacial score (nSPS) is 14.8. The van der Waals surface area contributed by atoms with Crippen molar-refractivity contribution >= 4 is 23.5 Å². The maximum atomic E-state index is 12.3. The van der Waals surface area contributed by atoms with E-state index in [1.54, 1.807) is 12.1 Å². The van der Waals surface area contributed by atoms with E-state index in [0.717, 1.165) is 29.8 Å². The molecule has 26 heavy (non-hydrogen) atoms. The Hall–Kier alpha value is -2.27. The summed E-state index contributed by atoms with van der Waals surface area (Å²) in [5, 5.41) is 3.46. The topological polar surface area (TPSA) is 60.3 Å². The summed E-state index contributed by atoms with van der Waals surface area (Å²) in [6, 6.07) is 9.39. The molecule has 3 rings (SSSR count). The zero-order valence-electron chi connectivity index (χ0n) is 15.2. The lowest BCUT2D eigenvalue weighted by Gasteiger charge is -2.14. The van der Waals surface area contributed by atoms with Gasteiger partial charge < -0.3 is 14.6 Å². The Morgan fingerprint density at radius 1 is 1.27 bits per heavy atom. The summed E-state index contributed by atoms with van der Waals surface area (Å²) >= 11 is 5.87. The second kappa shape index (κ2) is 7.54. The van der Waals surface area contributed by atoms with Gasteiger partial charge in [-0.3, -0.25) is 4.79 Å². The predicted molar refractivity (Wildman–Crippen MR) is 100 cm³/mol. The Bertz CT molecular complexity index is 822. The number of benzene rings is 1. The lowest BCUT2D eigenvalue weighted by molar-refractivity contribution is -0.124. The number of halogens is 1. The minimum Gasteiger partial charge on any atom is -0.452 e. The maximum Gasteiger partial charge on any atom is 0.340 e. The van der Waals surface area contributed by atoms with E-state index in [1.807, 2.05) is 39.0 Å². The van der Waals surface area contributed by atoms with Crippen molar-refractivity contribution < 1.29 is 14.3 Å². The number of rotatable bonds is 6. The summed E-state index contributed by atoms with van der Waals surface area (Å²) in [7, 11) is 0. The van der Waals surface area contributed by atoms with Crippen LogP contribution in [0.15, 0.2) is 30.3 Å². The van der Waals surface area contributed by atoms with Crippen LogP contribution in [0.2, 0.25) is 5.02 Å². The summed E-state index contributed by atoms with van der Waals surface area (Å²) < 4.78 is 7.39. The third-order valence-electron chi connectivity index (χ3n) is 4.70. The van der Waals surface area contributed by atoms with Gasteiger partial charge >= 0.3 is 5.97 Å². The molecule has 1 aromatic carbocycles. The number of esters is 1. The van der Waals surface area contributed by atoms with Gasteiger partial charge in [0.25, 0.3) is 5.91 Å². The standard InChI is InChI=1S/C20H23ClN2O3/c1-12-10-18(14(3)23(12)17-8-9-17)20(25)26-11-19(24)22-13(2)15-4-6-16(21)7-5-15/h4-7,10,13,17H,8-9,11H2,1-3H3,(H,22,24)/t13-/m0/s1. The van der Waals surface area contributed by atoms with Crippen LogP contribution in [0, 0.1) is 13.8 Å². The van der Waals surface area contributed by atoms with Gasteiger partial charge in [0.05, 0.1) is 11.6 Å². The summed E-state index contributed by atoms with van der Waals surface area (Å²) in [5.41, 5.74) is 3.43. The molecule has 6 heteroatoms. The van der Waals surface area contributed by atoms with Gasteiger partial charge in [-0.25, -0.2) is 4.79 Å². The van der Waals surface area contributed by atoms with Gasteiger partial charge in [-0.15, -0.1) is 0 Å². The van der Waals surface area contributed by atoms with Crippen LogP contribution in [0.3, 0.4) is 0 Å². The van der Waals surface area contributed by atoms with Crippen molar-refractivity contribution in [2.24, 2.45) is 0 Å². The van der Waals surface area contributed by atoms with E-state index in [1.165, 1.54) is 0 Å². The molecule has 1 N–H and O–H groups in total. The van der Waals surface area contributed by atoms with Gasteiger partial charge in [-0.1, -0.05) is 23.7 Å². The number of carbonyl (C=O) groups excluding carboxylic acids is 2. The summed E-state index contributed by atoms with van der Waals surface area (Å²) in [6.45, 7) is 5.48. The monoisotopic (exact) mass is 374 g/mol. The van der Waals surface area contributed by atoms with Gasteiger partial charge in [0.15, 0.2) is 6.61 Å². The highest BCUT2D eigenvalue weighted by Gasteiger charge is 2.28. The van der Waals surface area contributed by atoms with Crippen molar-refractivity contribution in [2.75, 3.05) is 6.61 Å². The summed E-state index contributed by atoms with van der Waals surface area (Å²) in [4.78, 5) is 24.4. The van der Waals surface area contributed by atoms with Crippen molar-refractivity contribution in [1.82, 2.24) is 9.88 Å². The van der Waals surface area contributed by atoms with E-state index in [2.05, 4.69) is 9.88 Å². The zero-order valence-corrected chi connectivity index (χ0v) is 16.0. The van der Waals surface area contributed by atoms with Crippen LogP contribution in [0.25, 0.3) is 0 Å².